The van der Waals surface area contributed by atoms with Gasteiger partial charge >= 0.3 is 146 Å². The third-order valence-electron chi connectivity index (χ3n) is 4.54. The van der Waals surface area contributed by atoms with Crippen LogP contribution in [0.2, 0.25) is 18.5 Å². The van der Waals surface area contributed by atoms with Crippen molar-refractivity contribution in [3.8, 4) is 0 Å². The topological polar surface area (TPSA) is 37.8 Å². The number of anilines is 1. The van der Waals surface area contributed by atoms with Gasteiger partial charge in [0.1, 0.15) is 0 Å². The maximum absolute atomic E-state index is 6.34. The van der Waals surface area contributed by atoms with E-state index in [0.717, 1.165) is 0 Å². The molecule has 0 radical (unpaired) electrons. The summed E-state index contributed by atoms with van der Waals surface area (Å²) in [7, 11) is 1.84. The van der Waals surface area contributed by atoms with Gasteiger partial charge in [0.05, 0.1) is 0 Å². The van der Waals surface area contributed by atoms with Crippen molar-refractivity contribution in [2.45, 2.75) is 72.6 Å². The first kappa shape index (κ1) is 20.0. The van der Waals surface area contributed by atoms with Crippen LogP contribution >= 0.6 is 11.6 Å². The van der Waals surface area contributed by atoms with E-state index >= 15 is 0 Å². The van der Waals surface area contributed by atoms with Crippen molar-refractivity contribution in [3.63, 3.8) is 0 Å². The normalized spacial score (nSPS) is 11.7. The molecule has 1 heterocycles. The van der Waals surface area contributed by atoms with Crippen LogP contribution in [0, 0.1) is 0 Å². The van der Waals surface area contributed by atoms with E-state index < -0.39 is 18.4 Å². The van der Waals surface area contributed by atoms with Crippen LogP contribution < -0.4 is 9.03 Å². The van der Waals surface area contributed by atoms with E-state index in [4.69, 9.17) is 16.6 Å². The minimum absolute atomic E-state index is 0.547. The Bertz CT molecular complexity index is 418. The molecule has 0 saturated heterocycles. The molecule has 0 spiro atoms. The molecular formula is C17H32ClN3Sn. The molecule has 0 amide bonds. The summed E-state index contributed by atoms with van der Waals surface area (Å²) in [5.74, 6) is 0.701. The minimum atomic E-state index is -2.47. The van der Waals surface area contributed by atoms with Gasteiger partial charge in [-0.15, -0.1) is 0 Å². The fourth-order valence-electron chi connectivity index (χ4n) is 3.09. The van der Waals surface area contributed by atoms with Gasteiger partial charge in [-0.25, -0.2) is 0 Å². The molecule has 5 heteroatoms. The zero-order valence-corrected chi connectivity index (χ0v) is 18.3. The van der Waals surface area contributed by atoms with E-state index in [0.29, 0.717) is 11.0 Å². The average molecular weight is 433 g/mol. The van der Waals surface area contributed by atoms with Gasteiger partial charge in [-0.2, -0.15) is 0 Å². The number of nitrogens with one attached hydrogen (secondary N) is 1. The van der Waals surface area contributed by atoms with E-state index in [1.807, 2.05) is 13.2 Å². The summed E-state index contributed by atoms with van der Waals surface area (Å²) in [6.45, 7) is 6.87. The fraction of sp³-hybridized carbons (Fsp3) is 0.765. The van der Waals surface area contributed by atoms with Crippen LogP contribution in [0.15, 0.2) is 6.20 Å². The summed E-state index contributed by atoms with van der Waals surface area (Å²) >= 11 is 3.86. The first-order valence-corrected chi connectivity index (χ1v) is 16.7. The monoisotopic (exact) mass is 433 g/mol. The summed E-state index contributed by atoms with van der Waals surface area (Å²) < 4.78 is 5.49. The number of unbranched alkanes of at least 4 members (excludes halogenated alkanes) is 3. The molecule has 0 fully saturated rings. The molecule has 0 aliphatic rings. The van der Waals surface area contributed by atoms with Crippen molar-refractivity contribution >= 4 is 39.5 Å². The first-order chi connectivity index (χ1) is 10.6. The van der Waals surface area contributed by atoms with E-state index in [1.165, 1.54) is 55.5 Å². The van der Waals surface area contributed by atoms with Crippen LogP contribution in [-0.4, -0.2) is 35.4 Å². The van der Waals surface area contributed by atoms with E-state index in [9.17, 15) is 0 Å². The Balaban J connectivity index is 3.15. The van der Waals surface area contributed by atoms with Crippen LogP contribution in [0.1, 0.15) is 59.3 Å². The van der Waals surface area contributed by atoms with Crippen molar-refractivity contribution in [3.05, 3.63) is 11.3 Å². The van der Waals surface area contributed by atoms with Gasteiger partial charge in [-0.05, 0) is 0 Å². The van der Waals surface area contributed by atoms with Gasteiger partial charge < -0.3 is 0 Å². The summed E-state index contributed by atoms with van der Waals surface area (Å²) in [5.41, 5.74) is 0. The zero-order chi connectivity index (χ0) is 16.4. The predicted octanol–water partition coefficient (Wildman–Crippen LogP) is 5.23. The van der Waals surface area contributed by atoms with Crippen LogP contribution in [-0.2, 0) is 0 Å². The summed E-state index contributed by atoms with van der Waals surface area (Å²) in [6, 6.07) is 0. The van der Waals surface area contributed by atoms with Crippen molar-refractivity contribution < 1.29 is 0 Å². The number of halogens is 1. The second-order valence-electron chi connectivity index (χ2n) is 6.24. The molecule has 1 aromatic heterocycles. The molecule has 3 nitrogen and oxygen atoms in total. The second-order valence-corrected chi connectivity index (χ2v) is 19.6. The van der Waals surface area contributed by atoms with Crippen LogP contribution in [0.4, 0.5) is 5.82 Å². The Morgan fingerprint density at radius 1 is 1.00 bits per heavy atom. The molecule has 0 aliphatic heterocycles. The average Bonchev–Trinajstić information content (AvgIpc) is 2.54. The SMILES string of the molecule is CCC[CH2][Sn]([CH2]CCC)([CH2]CCC)[c]1cnc(NC)c(Cl)n1. The Hall–Kier alpha value is -0.0313. The summed E-state index contributed by atoms with van der Waals surface area (Å²) in [4.78, 5) is 9.34. The number of nitrogens with zero attached hydrogens (tertiary/aromatic N) is 2. The summed E-state index contributed by atoms with van der Waals surface area (Å²) in [6.07, 6.45) is 9.84. The molecular weight excluding hydrogens is 400 g/mol. The molecule has 22 heavy (non-hydrogen) atoms. The number of rotatable bonds is 11. The molecule has 1 N–H and O–H groups in total. The van der Waals surface area contributed by atoms with Crippen molar-refractivity contribution in [2.75, 3.05) is 12.4 Å². The van der Waals surface area contributed by atoms with E-state index in [-0.39, 0.29) is 0 Å². The van der Waals surface area contributed by atoms with Gasteiger partial charge in [-0.3, -0.25) is 0 Å². The van der Waals surface area contributed by atoms with Crippen LogP contribution in [0.3, 0.4) is 0 Å². The first-order valence-electron chi connectivity index (χ1n) is 8.84. The van der Waals surface area contributed by atoms with Crippen LogP contribution in [0.25, 0.3) is 0 Å². The number of hydrogen-bond acceptors (Lipinski definition) is 3. The molecule has 0 bridgehead atoms. The zero-order valence-electron chi connectivity index (χ0n) is 14.7. The van der Waals surface area contributed by atoms with Gasteiger partial charge in [0.15, 0.2) is 0 Å². The standard InChI is InChI=1S/C5H5ClN3.3C4H9.Sn/c1-7-5-4(6)8-2-3-9-5;3*1-3-4-2;/h3H,1H3,(H,7,9);3*1,3-4H2,2H3;. The van der Waals surface area contributed by atoms with Crippen LogP contribution in [0.5, 0.6) is 0 Å². The van der Waals surface area contributed by atoms with Crippen molar-refractivity contribution in [2.24, 2.45) is 0 Å². The second kappa shape index (κ2) is 10.7. The van der Waals surface area contributed by atoms with E-state index in [2.05, 4.69) is 31.1 Å². The van der Waals surface area contributed by atoms with E-state index in [1.54, 1.807) is 0 Å². The number of hydrogen-bond donors (Lipinski definition) is 1. The fourth-order valence-corrected chi connectivity index (χ4v) is 18.6. The predicted molar refractivity (Wildman–Crippen MR) is 101 cm³/mol. The Morgan fingerprint density at radius 2 is 1.50 bits per heavy atom. The maximum atomic E-state index is 6.34. The molecule has 1 aromatic rings. The number of aromatic nitrogens is 2. The molecule has 0 aliphatic carbocycles. The molecule has 0 saturated carbocycles. The third kappa shape index (κ3) is 5.55. The molecule has 126 valence electrons. The molecule has 1 rings (SSSR count). The van der Waals surface area contributed by atoms with Gasteiger partial charge in [0.25, 0.3) is 0 Å². The Kier molecular flexibility index (Phi) is 9.72. The molecule has 0 aromatic carbocycles. The van der Waals surface area contributed by atoms with Gasteiger partial charge in [-0.1, -0.05) is 0 Å². The van der Waals surface area contributed by atoms with Gasteiger partial charge in [0.2, 0.25) is 0 Å². The van der Waals surface area contributed by atoms with Crippen molar-refractivity contribution in [1.29, 1.82) is 0 Å². The van der Waals surface area contributed by atoms with Crippen molar-refractivity contribution in [1.82, 2.24) is 9.97 Å². The third-order valence-corrected chi connectivity index (χ3v) is 19.8. The summed E-state index contributed by atoms with van der Waals surface area (Å²) in [5, 5.41) is 3.57. The molecule has 0 unspecified atom stereocenters. The molecule has 0 atom stereocenters. The Morgan fingerprint density at radius 3 is 1.86 bits per heavy atom. The van der Waals surface area contributed by atoms with Gasteiger partial charge in [0, 0.05) is 0 Å². The Labute approximate surface area is 145 Å². The quantitative estimate of drug-likeness (QED) is 0.487.